The van der Waals surface area contributed by atoms with E-state index in [1.807, 2.05) is 13.0 Å². The summed E-state index contributed by atoms with van der Waals surface area (Å²) in [5, 5.41) is 1.12. The first kappa shape index (κ1) is 9.97. The monoisotopic (exact) mass is 200 g/mol. The van der Waals surface area contributed by atoms with Crippen LogP contribution in [-0.4, -0.2) is 4.98 Å². The molecule has 1 aromatic carbocycles. The number of benzene rings is 1. The molecule has 0 aliphatic carbocycles. The molecule has 1 heterocycles. The number of hydrogen-bond donors (Lipinski definition) is 1. The molecule has 0 saturated heterocycles. The van der Waals surface area contributed by atoms with Crippen LogP contribution in [0.5, 0.6) is 0 Å². The molecule has 15 heavy (non-hydrogen) atoms. The van der Waals surface area contributed by atoms with Gasteiger partial charge in [0.15, 0.2) is 0 Å². The van der Waals surface area contributed by atoms with E-state index < -0.39 is 0 Å². The Hall–Kier alpha value is -1.57. The minimum absolute atomic E-state index is 0.769. The normalized spacial score (nSPS) is 10.8. The number of anilines is 1. The minimum Gasteiger partial charge on any atom is -0.397 e. The zero-order valence-corrected chi connectivity index (χ0v) is 9.25. The minimum atomic E-state index is 0.769. The summed E-state index contributed by atoms with van der Waals surface area (Å²) in [6.45, 7) is 4.13. The zero-order valence-electron chi connectivity index (χ0n) is 9.25. The van der Waals surface area contributed by atoms with Gasteiger partial charge < -0.3 is 5.73 Å². The smallest absolute Gasteiger partial charge is 0.0709 e. The molecule has 0 spiro atoms. The van der Waals surface area contributed by atoms with E-state index in [1.165, 1.54) is 12.0 Å². The van der Waals surface area contributed by atoms with Crippen LogP contribution < -0.4 is 5.73 Å². The number of rotatable bonds is 2. The molecular formula is C13H16N2. The quantitative estimate of drug-likeness (QED) is 0.809. The Labute approximate surface area is 90.1 Å². The van der Waals surface area contributed by atoms with Crippen molar-refractivity contribution in [1.82, 2.24) is 4.98 Å². The second-order valence-corrected chi connectivity index (χ2v) is 3.94. The van der Waals surface area contributed by atoms with Gasteiger partial charge in [0.1, 0.15) is 0 Å². The van der Waals surface area contributed by atoms with Crippen LogP contribution in [0.3, 0.4) is 0 Å². The summed E-state index contributed by atoms with van der Waals surface area (Å²) in [7, 11) is 0. The first-order valence-corrected chi connectivity index (χ1v) is 5.36. The lowest BCUT2D eigenvalue weighted by Crippen LogP contribution is -1.94. The highest BCUT2D eigenvalue weighted by molar-refractivity contribution is 5.82. The van der Waals surface area contributed by atoms with Crippen LogP contribution in [0.2, 0.25) is 0 Å². The summed E-state index contributed by atoms with van der Waals surface area (Å²) in [6.07, 6.45) is 2.28. The van der Waals surface area contributed by atoms with Gasteiger partial charge in [-0.1, -0.05) is 25.5 Å². The van der Waals surface area contributed by atoms with Gasteiger partial charge in [-0.15, -0.1) is 0 Å². The molecule has 0 aliphatic rings. The lowest BCUT2D eigenvalue weighted by molar-refractivity contribution is 0.923. The van der Waals surface area contributed by atoms with Gasteiger partial charge in [-0.2, -0.15) is 0 Å². The van der Waals surface area contributed by atoms with Crippen molar-refractivity contribution >= 4 is 16.6 Å². The number of nitrogens with two attached hydrogens (primary N) is 1. The Morgan fingerprint density at radius 2 is 2.07 bits per heavy atom. The van der Waals surface area contributed by atoms with E-state index in [0.29, 0.717) is 0 Å². The second kappa shape index (κ2) is 3.89. The van der Waals surface area contributed by atoms with Crippen LogP contribution in [0.15, 0.2) is 24.3 Å². The molecule has 1 aromatic heterocycles. The van der Waals surface area contributed by atoms with Gasteiger partial charge >= 0.3 is 0 Å². The van der Waals surface area contributed by atoms with Gasteiger partial charge in [0.05, 0.1) is 16.9 Å². The van der Waals surface area contributed by atoms with Gasteiger partial charge in [-0.25, -0.2) is 0 Å². The SMILES string of the molecule is CCCc1ccc2cc(N)c(C)nc2c1. The van der Waals surface area contributed by atoms with Crippen molar-refractivity contribution < 1.29 is 0 Å². The van der Waals surface area contributed by atoms with E-state index in [0.717, 1.165) is 28.7 Å². The predicted octanol–water partition coefficient (Wildman–Crippen LogP) is 3.08. The fraction of sp³-hybridized carbons (Fsp3) is 0.308. The standard InChI is InChI=1S/C13H16N2/c1-3-4-10-5-6-11-8-12(14)9(2)15-13(11)7-10/h5-8H,3-4,14H2,1-2H3. The maximum absolute atomic E-state index is 5.82. The van der Waals surface area contributed by atoms with Gasteiger partial charge in [-0.05, 0) is 31.0 Å². The summed E-state index contributed by atoms with van der Waals surface area (Å²) < 4.78 is 0. The average Bonchev–Trinajstić information content (AvgIpc) is 2.21. The van der Waals surface area contributed by atoms with Crippen molar-refractivity contribution in [3.63, 3.8) is 0 Å². The Morgan fingerprint density at radius 3 is 2.80 bits per heavy atom. The first-order chi connectivity index (χ1) is 7.20. The third-order valence-corrected chi connectivity index (χ3v) is 2.65. The van der Waals surface area contributed by atoms with E-state index in [4.69, 9.17) is 5.73 Å². The molecule has 0 bridgehead atoms. The zero-order chi connectivity index (χ0) is 10.8. The third-order valence-electron chi connectivity index (χ3n) is 2.65. The topological polar surface area (TPSA) is 38.9 Å². The number of nitrogen functional groups attached to an aromatic ring is 1. The van der Waals surface area contributed by atoms with Crippen molar-refractivity contribution in [2.75, 3.05) is 5.73 Å². The molecule has 0 aliphatic heterocycles. The Balaban J connectivity index is 2.56. The van der Waals surface area contributed by atoms with Crippen molar-refractivity contribution in [2.24, 2.45) is 0 Å². The predicted molar refractivity (Wildman–Crippen MR) is 64.9 cm³/mol. The molecule has 0 saturated carbocycles. The Bertz CT molecular complexity index is 489. The number of aromatic nitrogens is 1. The highest BCUT2D eigenvalue weighted by Gasteiger charge is 2.01. The first-order valence-electron chi connectivity index (χ1n) is 5.36. The molecular weight excluding hydrogens is 184 g/mol. The maximum atomic E-state index is 5.82. The van der Waals surface area contributed by atoms with Gasteiger partial charge in [0.25, 0.3) is 0 Å². The molecule has 78 valence electrons. The molecule has 2 N–H and O–H groups in total. The number of fused-ring (bicyclic) bond motifs is 1. The Kier molecular flexibility index (Phi) is 2.58. The highest BCUT2D eigenvalue weighted by atomic mass is 14.7. The van der Waals surface area contributed by atoms with Gasteiger partial charge in [0, 0.05) is 5.39 Å². The third kappa shape index (κ3) is 1.94. The van der Waals surface area contributed by atoms with Crippen LogP contribution in [-0.2, 0) is 6.42 Å². The molecule has 0 amide bonds. The number of nitrogens with zero attached hydrogens (tertiary/aromatic N) is 1. The molecule has 0 fully saturated rings. The number of aryl methyl sites for hydroxylation is 2. The van der Waals surface area contributed by atoms with E-state index >= 15 is 0 Å². The van der Waals surface area contributed by atoms with Gasteiger partial charge in [0.2, 0.25) is 0 Å². The van der Waals surface area contributed by atoms with Crippen LogP contribution >= 0.6 is 0 Å². The molecule has 2 aromatic rings. The van der Waals surface area contributed by atoms with Crippen LogP contribution in [0.25, 0.3) is 10.9 Å². The molecule has 2 rings (SSSR count). The van der Waals surface area contributed by atoms with E-state index in [2.05, 4.69) is 30.1 Å². The maximum Gasteiger partial charge on any atom is 0.0709 e. The fourth-order valence-electron chi connectivity index (χ4n) is 1.77. The fourth-order valence-corrected chi connectivity index (χ4v) is 1.77. The van der Waals surface area contributed by atoms with Crippen LogP contribution in [0.1, 0.15) is 24.6 Å². The van der Waals surface area contributed by atoms with Crippen molar-refractivity contribution in [3.05, 3.63) is 35.5 Å². The van der Waals surface area contributed by atoms with E-state index in [9.17, 15) is 0 Å². The second-order valence-electron chi connectivity index (χ2n) is 3.94. The average molecular weight is 200 g/mol. The summed E-state index contributed by atoms with van der Waals surface area (Å²) in [5.41, 5.74) is 9.90. The number of pyridine rings is 1. The molecule has 0 atom stereocenters. The number of hydrogen-bond acceptors (Lipinski definition) is 2. The lowest BCUT2D eigenvalue weighted by atomic mass is 10.1. The summed E-state index contributed by atoms with van der Waals surface area (Å²) in [5.74, 6) is 0. The Morgan fingerprint density at radius 1 is 1.27 bits per heavy atom. The van der Waals surface area contributed by atoms with Gasteiger partial charge in [-0.3, -0.25) is 4.98 Å². The van der Waals surface area contributed by atoms with Crippen LogP contribution in [0, 0.1) is 6.92 Å². The molecule has 0 unspecified atom stereocenters. The highest BCUT2D eigenvalue weighted by Crippen LogP contribution is 2.19. The van der Waals surface area contributed by atoms with Crippen molar-refractivity contribution in [3.8, 4) is 0 Å². The lowest BCUT2D eigenvalue weighted by Gasteiger charge is -2.05. The van der Waals surface area contributed by atoms with E-state index in [-0.39, 0.29) is 0 Å². The van der Waals surface area contributed by atoms with Crippen molar-refractivity contribution in [2.45, 2.75) is 26.7 Å². The molecule has 0 radical (unpaired) electrons. The van der Waals surface area contributed by atoms with E-state index in [1.54, 1.807) is 0 Å². The summed E-state index contributed by atoms with van der Waals surface area (Å²) in [4.78, 5) is 4.49. The summed E-state index contributed by atoms with van der Waals surface area (Å²) >= 11 is 0. The van der Waals surface area contributed by atoms with Crippen LogP contribution in [0.4, 0.5) is 5.69 Å². The molecule has 2 nitrogen and oxygen atoms in total. The van der Waals surface area contributed by atoms with Crippen molar-refractivity contribution in [1.29, 1.82) is 0 Å². The molecule has 2 heteroatoms. The largest absolute Gasteiger partial charge is 0.397 e. The summed E-state index contributed by atoms with van der Waals surface area (Å²) in [6, 6.07) is 8.41.